The molecule has 3 aromatic rings. The number of hydrogen-bond acceptors (Lipinski definition) is 7. The van der Waals surface area contributed by atoms with E-state index in [1.54, 1.807) is 43.3 Å². The number of carbonyl (C=O) groups is 2. The Labute approximate surface area is 198 Å². The SMILES string of the molecule is CCOC(=O)c1ccc(NC(=O)Nc2ccc(-c3ncc(C)c(N4CCOCC4)n3)cc2)cc1. The number of nitrogens with zero attached hydrogens (tertiary/aromatic N) is 3. The van der Waals surface area contributed by atoms with Crippen molar-refractivity contribution in [2.75, 3.05) is 48.4 Å². The van der Waals surface area contributed by atoms with Gasteiger partial charge in [0.05, 0.1) is 25.4 Å². The standard InChI is InChI=1S/C25H27N5O4/c1-3-34-24(31)19-6-10-21(11-7-19)28-25(32)27-20-8-4-18(5-9-20)22-26-16-17(2)23(29-22)30-12-14-33-15-13-30/h4-11,16H,3,12-15H2,1-2H3,(H2,27,28,32). The van der Waals surface area contributed by atoms with E-state index >= 15 is 0 Å². The van der Waals surface area contributed by atoms with Gasteiger partial charge in [0.2, 0.25) is 0 Å². The van der Waals surface area contributed by atoms with Gasteiger partial charge in [-0.1, -0.05) is 0 Å². The predicted octanol–water partition coefficient (Wildman–Crippen LogP) is 4.11. The Morgan fingerprint density at radius 2 is 1.62 bits per heavy atom. The summed E-state index contributed by atoms with van der Waals surface area (Å²) < 4.78 is 10.4. The zero-order chi connectivity index (χ0) is 23.9. The molecule has 1 aliphatic heterocycles. The van der Waals surface area contributed by atoms with Gasteiger partial charge >= 0.3 is 12.0 Å². The van der Waals surface area contributed by atoms with Crippen LogP contribution in [0.4, 0.5) is 22.0 Å². The molecule has 1 fully saturated rings. The van der Waals surface area contributed by atoms with Crippen LogP contribution in [-0.2, 0) is 9.47 Å². The third-order valence-corrected chi connectivity index (χ3v) is 5.31. The van der Waals surface area contributed by atoms with Crippen LogP contribution >= 0.6 is 0 Å². The number of esters is 1. The molecule has 34 heavy (non-hydrogen) atoms. The highest BCUT2D eigenvalue weighted by atomic mass is 16.5. The fourth-order valence-electron chi connectivity index (χ4n) is 3.57. The maximum absolute atomic E-state index is 12.4. The van der Waals surface area contributed by atoms with E-state index in [0.29, 0.717) is 42.6 Å². The van der Waals surface area contributed by atoms with Crippen molar-refractivity contribution in [3.63, 3.8) is 0 Å². The average molecular weight is 462 g/mol. The van der Waals surface area contributed by atoms with Crippen molar-refractivity contribution < 1.29 is 19.1 Å². The summed E-state index contributed by atoms with van der Waals surface area (Å²) in [5.41, 5.74) is 3.50. The second kappa shape index (κ2) is 10.8. The third kappa shape index (κ3) is 5.68. The minimum atomic E-state index is -0.395. The first-order valence-corrected chi connectivity index (χ1v) is 11.2. The van der Waals surface area contributed by atoms with Gasteiger partial charge in [0, 0.05) is 41.8 Å². The number of nitrogens with one attached hydrogen (secondary N) is 2. The van der Waals surface area contributed by atoms with Crippen LogP contribution in [0.1, 0.15) is 22.8 Å². The molecule has 9 nitrogen and oxygen atoms in total. The smallest absolute Gasteiger partial charge is 0.338 e. The van der Waals surface area contributed by atoms with Crippen molar-refractivity contribution in [2.45, 2.75) is 13.8 Å². The molecule has 1 aromatic heterocycles. The van der Waals surface area contributed by atoms with Gasteiger partial charge in [0.15, 0.2) is 5.82 Å². The van der Waals surface area contributed by atoms with Gasteiger partial charge in [0.25, 0.3) is 0 Å². The number of carbonyl (C=O) groups excluding carboxylic acids is 2. The van der Waals surface area contributed by atoms with Crippen LogP contribution in [0.15, 0.2) is 54.7 Å². The summed E-state index contributed by atoms with van der Waals surface area (Å²) in [6.07, 6.45) is 1.83. The molecule has 2 amide bonds. The average Bonchev–Trinajstić information content (AvgIpc) is 2.86. The van der Waals surface area contributed by atoms with Crippen molar-refractivity contribution in [3.8, 4) is 11.4 Å². The molecule has 1 saturated heterocycles. The zero-order valence-corrected chi connectivity index (χ0v) is 19.2. The highest BCUT2D eigenvalue weighted by molar-refractivity contribution is 6.00. The van der Waals surface area contributed by atoms with E-state index < -0.39 is 12.0 Å². The Morgan fingerprint density at radius 1 is 1.00 bits per heavy atom. The number of urea groups is 1. The second-order valence-corrected chi connectivity index (χ2v) is 7.75. The minimum Gasteiger partial charge on any atom is -0.462 e. The first-order chi connectivity index (χ1) is 16.5. The molecule has 0 unspecified atom stereocenters. The van der Waals surface area contributed by atoms with Crippen molar-refractivity contribution in [3.05, 3.63) is 65.9 Å². The van der Waals surface area contributed by atoms with Crippen LogP contribution in [0.3, 0.4) is 0 Å². The molecular weight excluding hydrogens is 434 g/mol. The fraction of sp³-hybridized carbons (Fsp3) is 0.280. The summed E-state index contributed by atoms with van der Waals surface area (Å²) in [6, 6.07) is 13.5. The van der Waals surface area contributed by atoms with Gasteiger partial charge in [-0.15, -0.1) is 0 Å². The van der Waals surface area contributed by atoms with Crippen molar-refractivity contribution in [1.82, 2.24) is 9.97 Å². The topological polar surface area (TPSA) is 106 Å². The van der Waals surface area contributed by atoms with Crippen LogP contribution in [0.2, 0.25) is 0 Å². The number of amides is 2. The number of rotatable bonds is 6. The van der Waals surface area contributed by atoms with Gasteiger partial charge < -0.3 is 25.0 Å². The van der Waals surface area contributed by atoms with E-state index in [-0.39, 0.29) is 0 Å². The molecular formula is C25H27N5O4. The number of morpholine rings is 1. The van der Waals surface area contributed by atoms with Crippen molar-refractivity contribution in [2.24, 2.45) is 0 Å². The zero-order valence-electron chi connectivity index (χ0n) is 19.2. The van der Waals surface area contributed by atoms with Crippen LogP contribution < -0.4 is 15.5 Å². The lowest BCUT2D eigenvalue weighted by atomic mass is 10.2. The van der Waals surface area contributed by atoms with Gasteiger partial charge in [-0.2, -0.15) is 0 Å². The monoisotopic (exact) mass is 461 g/mol. The fourth-order valence-corrected chi connectivity index (χ4v) is 3.57. The van der Waals surface area contributed by atoms with Gasteiger partial charge in [0.1, 0.15) is 5.82 Å². The second-order valence-electron chi connectivity index (χ2n) is 7.75. The molecule has 4 rings (SSSR count). The Morgan fingerprint density at radius 3 is 2.24 bits per heavy atom. The van der Waals surface area contributed by atoms with Gasteiger partial charge in [-0.3, -0.25) is 0 Å². The van der Waals surface area contributed by atoms with Crippen LogP contribution in [0, 0.1) is 6.92 Å². The summed E-state index contributed by atoms with van der Waals surface area (Å²) in [5, 5.41) is 5.54. The lowest BCUT2D eigenvalue weighted by Gasteiger charge is -2.29. The van der Waals surface area contributed by atoms with E-state index in [2.05, 4.69) is 20.5 Å². The summed E-state index contributed by atoms with van der Waals surface area (Å²) >= 11 is 0. The summed E-state index contributed by atoms with van der Waals surface area (Å²) in [5.74, 6) is 1.15. The molecule has 0 aliphatic carbocycles. The molecule has 0 spiro atoms. The summed E-state index contributed by atoms with van der Waals surface area (Å²) in [4.78, 5) is 35.5. The molecule has 0 atom stereocenters. The largest absolute Gasteiger partial charge is 0.462 e. The molecule has 176 valence electrons. The third-order valence-electron chi connectivity index (χ3n) is 5.31. The maximum atomic E-state index is 12.4. The lowest BCUT2D eigenvalue weighted by Crippen LogP contribution is -2.37. The molecule has 0 bridgehead atoms. The van der Waals surface area contributed by atoms with E-state index in [4.69, 9.17) is 14.5 Å². The molecule has 9 heteroatoms. The first kappa shape index (κ1) is 23.2. The number of aryl methyl sites for hydroxylation is 1. The Hall–Kier alpha value is -3.98. The number of aromatic nitrogens is 2. The molecule has 0 saturated carbocycles. The normalized spacial score (nSPS) is 13.3. The lowest BCUT2D eigenvalue weighted by molar-refractivity contribution is 0.0526. The molecule has 2 heterocycles. The number of ether oxygens (including phenoxy) is 2. The Bertz CT molecular complexity index is 1140. The van der Waals surface area contributed by atoms with Gasteiger partial charge in [-0.05, 0) is 62.4 Å². The predicted molar refractivity (Wildman–Crippen MR) is 130 cm³/mol. The van der Waals surface area contributed by atoms with Gasteiger partial charge in [-0.25, -0.2) is 19.6 Å². The Kier molecular flexibility index (Phi) is 7.34. The van der Waals surface area contributed by atoms with Crippen LogP contribution in [0.25, 0.3) is 11.4 Å². The maximum Gasteiger partial charge on any atom is 0.338 e. The highest BCUT2D eigenvalue weighted by Crippen LogP contribution is 2.24. The summed E-state index contributed by atoms with van der Waals surface area (Å²) in [6.45, 7) is 7.06. The molecule has 0 radical (unpaired) electrons. The van der Waals surface area contributed by atoms with Crippen LogP contribution in [0.5, 0.6) is 0 Å². The Balaban J connectivity index is 1.38. The van der Waals surface area contributed by atoms with E-state index in [9.17, 15) is 9.59 Å². The van der Waals surface area contributed by atoms with E-state index in [1.807, 2.05) is 25.3 Å². The molecule has 2 aromatic carbocycles. The highest BCUT2D eigenvalue weighted by Gasteiger charge is 2.16. The van der Waals surface area contributed by atoms with E-state index in [0.717, 1.165) is 30.0 Å². The minimum absolute atomic E-state index is 0.311. The molecule has 2 N–H and O–H groups in total. The molecule has 1 aliphatic rings. The number of hydrogen-bond donors (Lipinski definition) is 2. The van der Waals surface area contributed by atoms with Crippen molar-refractivity contribution in [1.29, 1.82) is 0 Å². The van der Waals surface area contributed by atoms with E-state index in [1.165, 1.54) is 0 Å². The van der Waals surface area contributed by atoms with Crippen molar-refractivity contribution >= 4 is 29.2 Å². The first-order valence-electron chi connectivity index (χ1n) is 11.2. The van der Waals surface area contributed by atoms with Crippen LogP contribution in [-0.4, -0.2) is 54.9 Å². The number of anilines is 3. The summed E-state index contributed by atoms with van der Waals surface area (Å²) in [7, 11) is 0. The quantitative estimate of drug-likeness (QED) is 0.532. The number of benzene rings is 2.